The van der Waals surface area contributed by atoms with Gasteiger partial charge in [-0.3, -0.25) is 4.79 Å². The Morgan fingerprint density at radius 3 is 2.03 bits per heavy atom. The van der Waals surface area contributed by atoms with Crippen molar-refractivity contribution in [3.63, 3.8) is 0 Å². The number of carboxylic acid groups (broad SMARTS) is 1. The second kappa shape index (κ2) is 7.79. The van der Waals surface area contributed by atoms with Crippen LogP contribution in [0, 0.1) is 20.8 Å². The van der Waals surface area contributed by atoms with Gasteiger partial charge in [-0.15, -0.1) is 0 Å². The van der Waals surface area contributed by atoms with Gasteiger partial charge in [-0.1, -0.05) is 18.2 Å². The fourth-order valence-electron chi connectivity index (χ4n) is 3.97. The summed E-state index contributed by atoms with van der Waals surface area (Å²) >= 11 is 0. The third-order valence-corrected chi connectivity index (χ3v) is 6.05. The average Bonchev–Trinajstić information content (AvgIpc) is 2.72. The molecule has 0 aromatic heterocycles. The van der Waals surface area contributed by atoms with E-state index in [1.807, 2.05) is 45.9 Å². The predicted octanol–water partition coefficient (Wildman–Crippen LogP) is 5.68. The number of hydrogen-bond acceptors (Lipinski definition) is 3. The average molecular weight is 402 g/mol. The molecular weight excluding hydrogens is 376 g/mol. The maximum atomic E-state index is 12.5. The Morgan fingerprint density at radius 1 is 0.833 bits per heavy atom. The first-order valence-electron chi connectivity index (χ1n) is 9.84. The molecule has 0 fully saturated rings. The van der Waals surface area contributed by atoms with Crippen molar-refractivity contribution in [2.75, 3.05) is 0 Å². The number of benzene rings is 2. The quantitative estimate of drug-likeness (QED) is 0.692. The minimum absolute atomic E-state index is 0.00286. The van der Waals surface area contributed by atoms with E-state index in [1.165, 1.54) is 0 Å². The lowest BCUT2D eigenvalue weighted by atomic mass is 9.79. The van der Waals surface area contributed by atoms with Gasteiger partial charge in [0.1, 0.15) is 5.75 Å². The van der Waals surface area contributed by atoms with E-state index < -0.39 is 5.97 Å². The molecule has 2 N–H and O–H groups in total. The smallest absolute Gasteiger partial charge is 0.336 e. The summed E-state index contributed by atoms with van der Waals surface area (Å²) in [5, 5.41) is 20.3. The minimum Gasteiger partial charge on any atom is -0.507 e. The Kier molecular flexibility index (Phi) is 5.53. The zero-order valence-corrected chi connectivity index (χ0v) is 18.2. The van der Waals surface area contributed by atoms with E-state index in [1.54, 1.807) is 32.0 Å². The van der Waals surface area contributed by atoms with Gasteiger partial charge in [0.05, 0.1) is 5.56 Å². The van der Waals surface area contributed by atoms with E-state index in [4.69, 9.17) is 0 Å². The van der Waals surface area contributed by atoms with Crippen molar-refractivity contribution >= 4 is 17.3 Å². The summed E-state index contributed by atoms with van der Waals surface area (Å²) in [5.74, 6) is -0.780. The first-order chi connectivity index (χ1) is 14.1. The molecule has 2 aromatic rings. The predicted molar refractivity (Wildman–Crippen MR) is 119 cm³/mol. The molecule has 4 nitrogen and oxygen atoms in total. The maximum absolute atomic E-state index is 12.5. The second-order valence-electron chi connectivity index (χ2n) is 7.89. The van der Waals surface area contributed by atoms with Crippen LogP contribution >= 0.6 is 0 Å². The SMILES string of the molecule is CC1=CC(=C(c2ccccc2C(=O)O)c2cc(C)c(O)c(C)c2C)C(C)=C(C)C1=O. The Balaban J connectivity index is 2.55. The highest BCUT2D eigenvalue weighted by atomic mass is 16.4. The van der Waals surface area contributed by atoms with Crippen molar-refractivity contribution in [1.29, 1.82) is 0 Å². The fourth-order valence-corrected chi connectivity index (χ4v) is 3.97. The lowest BCUT2D eigenvalue weighted by Crippen LogP contribution is -2.13. The monoisotopic (exact) mass is 402 g/mol. The molecule has 0 saturated carbocycles. The molecule has 1 aliphatic rings. The number of carboxylic acids is 1. The third-order valence-electron chi connectivity index (χ3n) is 6.05. The van der Waals surface area contributed by atoms with Crippen molar-refractivity contribution in [2.24, 2.45) is 0 Å². The molecule has 2 aromatic carbocycles. The summed E-state index contributed by atoms with van der Waals surface area (Å²) in [6.07, 6.45) is 1.84. The lowest BCUT2D eigenvalue weighted by Gasteiger charge is -2.24. The number of aryl methyl sites for hydroxylation is 1. The number of phenols is 1. The number of phenolic OH excluding ortho intramolecular Hbond substituents is 1. The zero-order valence-electron chi connectivity index (χ0n) is 18.2. The van der Waals surface area contributed by atoms with Crippen LogP contribution in [0.3, 0.4) is 0 Å². The van der Waals surface area contributed by atoms with Gasteiger partial charge < -0.3 is 10.2 Å². The van der Waals surface area contributed by atoms with E-state index in [0.29, 0.717) is 22.3 Å². The molecule has 0 unspecified atom stereocenters. The van der Waals surface area contributed by atoms with E-state index in [2.05, 4.69) is 0 Å². The summed E-state index contributed by atoms with van der Waals surface area (Å²) in [6, 6.07) is 8.79. The van der Waals surface area contributed by atoms with Crippen LogP contribution in [0.2, 0.25) is 0 Å². The van der Waals surface area contributed by atoms with Crippen LogP contribution in [0.15, 0.2) is 58.7 Å². The number of aromatic hydroxyl groups is 1. The zero-order chi connectivity index (χ0) is 22.3. The number of allylic oxidation sites excluding steroid dienone is 5. The number of carbonyl (C=O) groups is 2. The first-order valence-corrected chi connectivity index (χ1v) is 9.84. The number of carbonyl (C=O) groups excluding carboxylic acids is 1. The number of Topliss-reactive ketones (excluding diaryl/α,β-unsaturated/α-hetero) is 1. The van der Waals surface area contributed by atoms with Crippen molar-refractivity contribution in [3.05, 3.63) is 92.1 Å². The van der Waals surface area contributed by atoms with Gasteiger partial charge in [-0.2, -0.15) is 0 Å². The Bertz CT molecular complexity index is 1190. The molecule has 0 amide bonds. The maximum Gasteiger partial charge on any atom is 0.336 e. The molecule has 1 aliphatic carbocycles. The molecule has 0 aliphatic heterocycles. The Labute approximate surface area is 176 Å². The first kappa shape index (κ1) is 21.3. The van der Waals surface area contributed by atoms with Gasteiger partial charge in [-0.25, -0.2) is 4.79 Å². The molecule has 4 heteroatoms. The number of hydrogen-bond donors (Lipinski definition) is 2. The van der Waals surface area contributed by atoms with Gasteiger partial charge in [0, 0.05) is 5.57 Å². The van der Waals surface area contributed by atoms with Crippen LogP contribution in [-0.4, -0.2) is 22.0 Å². The Morgan fingerprint density at radius 2 is 1.43 bits per heavy atom. The number of ketones is 1. The van der Waals surface area contributed by atoms with Crippen LogP contribution in [0.5, 0.6) is 5.75 Å². The molecule has 0 bridgehead atoms. The van der Waals surface area contributed by atoms with E-state index in [-0.39, 0.29) is 17.1 Å². The highest BCUT2D eigenvalue weighted by Gasteiger charge is 2.26. The normalized spacial score (nSPS) is 15.9. The molecule has 3 rings (SSSR count). The summed E-state index contributed by atoms with van der Waals surface area (Å²) in [4.78, 5) is 24.5. The fraction of sp³-hybridized carbons (Fsp3) is 0.231. The number of rotatable bonds is 3. The van der Waals surface area contributed by atoms with Crippen LogP contribution in [-0.2, 0) is 4.79 Å². The summed E-state index contributed by atoms with van der Waals surface area (Å²) < 4.78 is 0. The van der Waals surface area contributed by atoms with Gasteiger partial charge in [0.15, 0.2) is 5.78 Å². The summed E-state index contributed by atoms with van der Waals surface area (Å²) in [5.41, 5.74) is 7.62. The molecule has 0 radical (unpaired) electrons. The molecule has 0 heterocycles. The molecule has 0 saturated heterocycles. The largest absolute Gasteiger partial charge is 0.507 e. The van der Waals surface area contributed by atoms with Crippen LogP contribution < -0.4 is 0 Å². The van der Waals surface area contributed by atoms with E-state index in [9.17, 15) is 19.8 Å². The minimum atomic E-state index is -1.01. The van der Waals surface area contributed by atoms with Crippen molar-refractivity contribution in [2.45, 2.75) is 41.5 Å². The van der Waals surface area contributed by atoms with Crippen LogP contribution in [0.25, 0.3) is 5.57 Å². The van der Waals surface area contributed by atoms with Crippen LogP contribution in [0.1, 0.15) is 58.9 Å². The van der Waals surface area contributed by atoms with Crippen molar-refractivity contribution in [3.8, 4) is 5.75 Å². The third kappa shape index (κ3) is 3.39. The van der Waals surface area contributed by atoms with Crippen molar-refractivity contribution < 1.29 is 19.8 Å². The van der Waals surface area contributed by atoms with E-state index in [0.717, 1.165) is 33.4 Å². The van der Waals surface area contributed by atoms with Crippen molar-refractivity contribution in [1.82, 2.24) is 0 Å². The van der Waals surface area contributed by atoms with Gasteiger partial charge >= 0.3 is 5.97 Å². The Hall–Kier alpha value is -3.40. The van der Waals surface area contributed by atoms with Crippen LogP contribution in [0.4, 0.5) is 0 Å². The summed E-state index contributed by atoms with van der Waals surface area (Å²) in [6.45, 7) is 11.1. The second-order valence-corrected chi connectivity index (χ2v) is 7.89. The van der Waals surface area contributed by atoms with Gasteiger partial charge in [0.2, 0.25) is 0 Å². The molecule has 30 heavy (non-hydrogen) atoms. The molecule has 0 spiro atoms. The lowest BCUT2D eigenvalue weighted by molar-refractivity contribution is -0.112. The molecule has 154 valence electrons. The highest BCUT2D eigenvalue weighted by molar-refractivity contribution is 6.12. The molecule has 0 atom stereocenters. The standard InChI is InChI=1S/C26H26O4/c1-13-11-21(15(3)17(5)24(13)27)23(19-9-7-8-10-20(19)26(29)30)22-12-14(2)25(28)18(6)16(22)4/h7-12,27H,1-6H3,(H,29,30). The van der Waals surface area contributed by atoms with E-state index >= 15 is 0 Å². The number of aromatic carboxylic acids is 1. The summed E-state index contributed by atoms with van der Waals surface area (Å²) in [7, 11) is 0. The van der Waals surface area contributed by atoms with Gasteiger partial charge in [-0.05, 0) is 110 Å². The topological polar surface area (TPSA) is 74.6 Å². The van der Waals surface area contributed by atoms with Gasteiger partial charge in [0.25, 0.3) is 0 Å². The molecular formula is C26H26O4. The highest BCUT2D eigenvalue weighted by Crippen LogP contribution is 2.41.